The minimum atomic E-state index is 0.0521. The van der Waals surface area contributed by atoms with E-state index in [1.54, 1.807) is 7.11 Å². The molecule has 3 unspecified atom stereocenters. The van der Waals surface area contributed by atoms with Gasteiger partial charge in [-0.05, 0) is 44.0 Å². The van der Waals surface area contributed by atoms with E-state index in [1.807, 2.05) is 0 Å². The van der Waals surface area contributed by atoms with E-state index in [0.29, 0.717) is 5.92 Å². The van der Waals surface area contributed by atoms with Gasteiger partial charge in [0.2, 0.25) is 0 Å². The highest BCUT2D eigenvalue weighted by Crippen LogP contribution is 2.56. The Bertz CT molecular complexity index is 609. The van der Waals surface area contributed by atoms with E-state index in [2.05, 4.69) is 43.2 Å². The maximum absolute atomic E-state index is 6.41. The van der Waals surface area contributed by atoms with Crippen LogP contribution in [0.25, 0.3) is 0 Å². The van der Waals surface area contributed by atoms with Gasteiger partial charge in [0.05, 0.1) is 12.5 Å². The van der Waals surface area contributed by atoms with Crippen LogP contribution in [0.15, 0.2) is 24.3 Å². The Balaban J connectivity index is 1.95. The second-order valence-corrected chi connectivity index (χ2v) is 6.84. The third kappa shape index (κ3) is 1.76. The minimum Gasteiger partial charge on any atom is -0.493 e. The number of benzene rings is 1. The first kappa shape index (κ1) is 13.2. The summed E-state index contributed by atoms with van der Waals surface area (Å²) >= 11 is 0. The van der Waals surface area contributed by atoms with Crippen molar-refractivity contribution in [2.75, 3.05) is 20.7 Å². The molecule has 0 saturated heterocycles. The summed E-state index contributed by atoms with van der Waals surface area (Å²) in [5, 5.41) is 0. The summed E-state index contributed by atoms with van der Waals surface area (Å²) in [6.45, 7) is 4.37. The Hall–Kier alpha value is -1.48. The number of ether oxygens (including phenoxy) is 2. The number of hydrogen-bond acceptors (Lipinski definition) is 3. The van der Waals surface area contributed by atoms with Crippen LogP contribution in [0, 0.1) is 5.92 Å². The first-order valence-electron chi connectivity index (χ1n) is 7.89. The molecular weight excluding hydrogens is 262 g/mol. The highest BCUT2D eigenvalue weighted by Gasteiger charge is 2.52. The molecule has 1 spiro atoms. The molecule has 0 saturated carbocycles. The van der Waals surface area contributed by atoms with E-state index in [4.69, 9.17) is 9.47 Å². The highest BCUT2D eigenvalue weighted by atomic mass is 16.5. The second kappa shape index (κ2) is 4.51. The average molecular weight is 285 g/mol. The zero-order valence-corrected chi connectivity index (χ0v) is 13.1. The summed E-state index contributed by atoms with van der Waals surface area (Å²) in [5.41, 5.74) is 2.84. The molecular formula is C18H23NO2. The van der Waals surface area contributed by atoms with Crippen molar-refractivity contribution < 1.29 is 9.47 Å². The minimum absolute atomic E-state index is 0.0521. The predicted molar refractivity (Wildman–Crippen MR) is 83.0 cm³/mol. The van der Waals surface area contributed by atoms with Crippen molar-refractivity contribution in [1.82, 2.24) is 4.90 Å². The van der Waals surface area contributed by atoms with Crippen LogP contribution in [-0.2, 0) is 12.0 Å². The van der Waals surface area contributed by atoms with Crippen LogP contribution < -0.4 is 9.47 Å². The van der Waals surface area contributed by atoms with Crippen molar-refractivity contribution in [3.63, 3.8) is 0 Å². The number of nitrogens with zero attached hydrogens (tertiary/aromatic N) is 1. The lowest BCUT2D eigenvalue weighted by Crippen LogP contribution is -2.41. The van der Waals surface area contributed by atoms with E-state index in [-0.39, 0.29) is 11.5 Å². The quantitative estimate of drug-likeness (QED) is 0.740. The molecule has 3 aliphatic rings. The Labute approximate surface area is 126 Å². The zero-order valence-electron chi connectivity index (χ0n) is 13.1. The number of rotatable bonds is 1. The van der Waals surface area contributed by atoms with Crippen LogP contribution in [0.5, 0.6) is 11.5 Å². The lowest BCUT2D eigenvalue weighted by atomic mass is 9.68. The predicted octanol–water partition coefficient (Wildman–Crippen LogP) is 3.13. The molecule has 3 nitrogen and oxygen atoms in total. The van der Waals surface area contributed by atoms with Gasteiger partial charge in [-0.25, -0.2) is 0 Å². The molecule has 112 valence electrons. The van der Waals surface area contributed by atoms with Gasteiger partial charge in [0.1, 0.15) is 6.10 Å². The molecule has 0 aromatic heterocycles. The van der Waals surface area contributed by atoms with Gasteiger partial charge in [-0.3, -0.25) is 0 Å². The standard InChI is InChI=1S/C18H23NO2/c1-12-6-7-18-8-9-19(2)11-13-4-5-14(20-3)17(16(13)18)21-15(18)10-12/h4-7,12,15H,8-11H2,1-3H3. The Morgan fingerprint density at radius 1 is 1.38 bits per heavy atom. The maximum Gasteiger partial charge on any atom is 0.166 e. The van der Waals surface area contributed by atoms with Gasteiger partial charge in [-0.15, -0.1) is 0 Å². The summed E-state index contributed by atoms with van der Waals surface area (Å²) in [5.74, 6) is 2.47. The van der Waals surface area contributed by atoms with Gasteiger partial charge >= 0.3 is 0 Å². The third-order valence-electron chi connectivity index (χ3n) is 5.38. The van der Waals surface area contributed by atoms with Gasteiger partial charge in [-0.1, -0.05) is 25.1 Å². The average Bonchev–Trinajstić information content (AvgIpc) is 2.72. The lowest BCUT2D eigenvalue weighted by molar-refractivity contribution is 0.127. The smallest absolute Gasteiger partial charge is 0.166 e. The SMILES string of the molecule is COc1ccc2c3c1OC1CC(C)C=CC31CCN(C)C2. The molecule has 0 radical (unpaired) electrons. The molecule has 3 heteroatoms. The van der Waals surface area contributed by atoms with Crippen molar-refractivity contribution in [3.8, 4) is 11.5 Å². The number of methoxy groups -OCH3 is 1. The van der Waals surface area contributed by atoms with Crippen molar-refractivity contribution in [3.05, 3.63) is 35.4 Å². The molecule has 3 atom stereocenters. The van der Waals surface area contributed by atoms with Crippen LogP contribution >= 0.6 is 0 Å². The van der Waals surface area contributed by atoms with Crippen LogP contribution in [-0.4, -0.2) is 31.7 Å². The molecule has 1 aromatic carbocycles. The van der Waals surface area contributed by atoms with Crippen molar-refractivity contribution >= 4 is 0 Å². The molecule has 0 fully saturated rings. The largest absolute Gasteiger partial charge is 0.493 e. The monoisotopic (exact) mass is 285 g/mol. The molecule has 1 aromatic rings. The highest BCUT2D eigenvalue weighted by molar-refractivity contribution is 5.60. The Morgan fingerprint density at radius 2 is 2.24 bits per heavy atom. The maximum atomic E-state index is 6.41. The van der Waals surface area contributed by atoms with Crippen LogP contribution in [0.3, 0.4) is 0 Å². The molecule has 0 amide bonds. The van der Waals surface area contributed by atoms with Crippen LogP contribution in [0.2, 0.25) is 0 Å². The summed E-state index contributed by atoms with van der Waals surface area (Å²) in [7, 11) is 3.94. The van der Waals surface area contributed by atoms with Crippen molar-refractivity contribution in [2.45, 2.75) is 37.8 Å². The van der Waals surface area contributed by atoms with Gasteiger partial charge in [-0.2, -0.15) is 0 Å². The molecule has 1 aliphatic carbocycles. The second-order valence-electron chi connectivity index (χ2n) is 6.84. The molecule has 21 heavy (non-hydrogen) atoms. The summed E-state index contributed by atoms with van der Waals surface area (Å²) in [4.78, 5) is 2.41. The van der Waals surface area contributed by atoms with E-state index < -0.39 is 0 Å². The molecule has 4 rings (SSSR count). The summed E-state index contributed by atoms with van der Waals surface area (Å²) in [6, 6.07) is 4.28. The van der Waals surface area contributed by atoms with E-state index in [1.165, 1.54) is 11.1 Å². The normalized spacial score (nSPS) is 33.9. The lowest BCUT2D eigenvalue weighted by Gasteiger charge is -2.36. The van der Waals surface area contributed by atoms with Gasteiger partial charge in [0, 0.05) is 12.1 Å². The van der Waals surface area contributed by atoms with E-state index in [9.17, 15) is 0 Å². The van der Waals surface area contributed by atoms with Crippen LogP contribution in [0.1, 0.15) is 30.9 Å². The van der Waals surface area contributed by atoms with Crippen molar-refractivity contribution in [1.29, 1.82) is 0 Å². The topological polar surface area (TPSA) is 21.7 Å². The molecule has 2 aliphatic heterocycles. The molecule has 2 heterocycles. The van der Waals surface area contributed by atoms with Crippen LogP contribution in [0.4, 0.5) is 0 Å². The third-order valence-corrected chi connectivity index (χ3v) is 5.38. The Morgan fingerprint density at radius 3 is 3.05 bits per heavy atom. The summed E-state index contributed by atoms with van der Waals surface area (Å²) < 4.78 is 12.0. The molecule has 0 N–H and O–H groups in total. The van der Waals surface area contributed by atoms with E-state index >= 15 is 0 Å². The van der Waals surface area contributed by atoms with E-state index in [0.717, 1.165) is 37.4 Å². The molecule has 0 bridgehead atoms. The summed E-state index contributed by atoms with van der Waals surface area (Å²) in [6.07, 6.45) is 7.29. The fourth-order valence-corrected chi connectivity index (χ4v) is 4.25. The fourth-order valence-electron chi connectivity index (χ4n) is 4.25. The van der Waals surface area contributed by atoms with Crippen molar-refractivity contribution in [2.24, 2.45) is 5.92 Å². The Kier molecular flexibility index (Phi) is 2.83. The fraction of sp³-hybridized carbons (Fsp3) is 0.556. The zero-order chi connectivity index (χ0) is 14.6. The number of allylic oxidation sites excluding steroid dienone is 1. The van der Waals surface area contributed by atoms with Gasteiger partial charge in [0.25, 0.3) is 0 Å². The van der Waals surface area contributed by atoms with Gasteiger partial charge in [0.15, 0.2) is 11.5 Å². The number of hydrogen-bond donors (Lipinski definition) is 0. The van der Waals surface area contributed by atoms with Gasteiger partial charge < -0.3 is 14.4 Å². The first-order valence-corrected chi connectivity index (χ1v) is 7.89. The first-order chi connectivity index (χ1) is 10.1.